The minimum absolute atomic E-state index is 0.152. The molecule has 1 heterocycles. The summed E-state index contributed by atoms with van der Waals surface area (Å²) in [6.45, 7) is 2.04. The number of nitrogens with two attached hydrogens (primary N) is 1. The molecule has 18 heavy (non-hydrogen) atoms. The van der Waals surface area contributed by atoms with Crippen molar-refractivity contribution in [2.24, 2.45) is 11.7 Å². The smallest absolute Gasteiger partial charge is 0.223 e. The summed E-state index contributed by atoms with van der Waals surface area (Å²) in [4.78, 5) is 13.6. The van der Waals surface area contributed by atoms with Gasteiger partial charge in [0.15, 0.2) is 0 Å². The van der Waals surface area contributed by atoms with Crippen LogP contribution in [0.15, 0.2) is 24.3 Å². The minimum atomic E-state index is -0.204. The number of nitrogens with zero attached hydrogens (tertiary/aromatic N) is 1. The number of amides is 1. The van der Waals surface area contributed by atoms with Gasteiger partial charge in [-0.05, 0) is 36.5 Å². The first-order chi connectivity index (χ1) is 8.69. The predicted octanol–water partition coefficient (Wildman–Crippen LogP) is 1.57. The minimum Gasteiger partial charge on any atom is -0.342 e. The van der Waals surface area contributed by atoms with Gasteiger partial charge in [-0.15, -0.1) is 0 Å². The van der Waals surface area contributed by atoms with Gasteiger partial charge in [0.2, 0.25) is 5.91 Å². The Morgan fingerprint density at radius 2 is 2.11 bits per heavy atom. The maximum Gasteiger partial charge on any atom is 0.223 e. The largest absolute Gasteiger partial charge is 0.342 e. The summed E-state index contributed by atoms with van der Waals surface area (Å²) in [7, 11) is 0. The van der Waals surface area contributed by atoms with Crippen LogP contribution >= 0.6 is 0 Å². The number of benzene rings is 1. The van der Waals surface area contributed by atoms with Crippen molar-refractivity contribution in [3.8, 4) is 0 Å². The maximum absolute atomic E-state index is 12.8. The molecular weight excluding hydrogens is 231 g/mol. The molecule has 1 atom stereocenters. The normalized spacial score (nSPS) is 19.2. The molecular formula is C14H19FN2O. The molecule has 0 aromatic heterocycles. The van der Waals surface area contributed by atoms with Gasteiger partial charge in [-0.2, -0.15) is 0 Å². The van der Waals surface area contributed by atoms with Gasteiger partial charge in [-0.3, -0.25) is 4.79 Å². The molecule has 1 aromatic rings. The molecule has 1 aromatic carbocycles. The van der Waals surface area contributed by atoms with Crippen LogP contribution in [0.25, 0.3) is 0 Å². The molecule has 1 aliphatic heterocycles. The highest BCUT2D eigenvalue weighted by atomic mass is 19.1. The first-order valence-electron chi connectivity index (χ1n) is 6.41. The average Bonchev–Trinajstić information content (AvgIpc) is 2.81. The predicted molar refractivity (Wildman–Crippen MR) is 68.5 cm³/mol. The van der Waals surface area contributed by atoms with E-state index in [1.807, 2.05) is 17.0 Å². The van der Waals surface area contributed by atoms with Gasteiger partial charge < -0.3 is 10.6 Å². The fourth-order valence-corrected chi connectivity index (χ4v) is 2.46. The number of hydrogen-bond acceptors (Lipinski definition) is 2. The van der Waals surface area contributed by atoms with Crippen LogP contribution in [0.4, 0.5) is 4.39 Å². The van der Waals surface area contributed by atoms with Crippen molar-refractivity contribution in [2.45, 2.75) is 19.3 Å². The standard InChI is InChI=1S/C14H19FN2O/c15-13-3-1-11(2-4-13)9-12-6-8-17(10-12)14(18)5-7-16/h1-4,12H,5-10,16H2. The molecule has 1 aliphatic rings. The van der Waals surface area contributed by atoms with Crippen molar-refractivity contribution < 1.29 is 9.18 Å². The molecule has 2 N–H and O–H groups in total. The summed E-state index contributed by atoms with van der Waals surface area (Å²) in [6, 6.07) is 6.61. The van der Waals surface area contributed by atoms with E-state index in [-0.39, 0.29) is 11.7 Å². The highest BCUT2D eigenvalue weighted by Crippen LogP contribution is 2.21. The fourth-order valence-electron chi connectivity index (χ4n) is 2.46. The van der Waals surface area contributed by atoms with Crippen LogP contribution in [0.1, 0.15) is 18.4 Å². The van der Waals surface area contributed by atoms with Gasteiger partial charge in [-0.1, -0.05) is 12.1 Å². The summed E-state index contributed by atoms with van der Waals surface area (Å²) < 4.78 is 12.8. The second-order valence-electron chi connectivity index (χ2n) is 4.86. The molecule has 1 unspecified atom stereocenters. The van der Waals surface area contributed by atoms with Crippen molar-refractivity contribution in [2.75, 3.05) is 19.6 Å². The lowest BCUT2D eigenvalue weighted by Crippen LogP contribution is -2.30. The molecule has 0 spiro atoms. The van der Waals surface area contributed by atoms with E-state index in [1.54, 1.807) is 0 Å². The maximum atomic E-state index is 12.8. The lowest BCUT2D eigenvalue weighted by Gasteiger charge is -2.16. The van der Waals surface area contributed by atoms with E-state index in [1.165, 1.54) is 12.1 Å². The summed E-state index contributed by atoms with van der Waals surface area (Å²) in [6.07, 6.45) is 2.36. The van der Waals surface area contributed by atoms with Crippen LogP contribution in [0.2, 0.25) is 0 Å². The van der Waals surface area contributed by atoms with Gasteiger partial charge >= 0.3 is 0 Å². The Kier molecular flexibility index (Phi) is 4.31. The fraction of sp³-hybridized carbons (Fsp3) is 0.500. The highest BCUT2D eigenvalue weighted by Gasteiger charge is 2.25. The second kappa shape index (κ2) is 5.96. The zero-order valence-corrected chi connectivity index (χ0v) is 10.4. The molecule has 3 nitrogen and oxygen atoms in total. The number of carbonyl (C=O) groups is 1. The van der Waals surface area contributed by atoms with Gasteiger partial charge in [0.1, 0.15) is 5.82 Å². The lowest BCUT2D eigenvalue weighted by atomic mass is 9.99. The Balaban J connectivity index is 1.86. The van der Waals surface area contributed by atoms with Crippen LogP contribution < -0.4 is 5.73 Å². The van der Waals surface area contributed by atoms with Gasteiger partial charge in [0.25, 0.3) is 0 Å². The number of carbonyl (C=O) groups excluding carboxylic acids is 1. The Morgan fingerprint density at radius 1 is 1.39 bits per heavy atom. The van der Waals surface area contributed by atoms with Crippen LogP contribution in [0.5, 0.6) is 0 Å². The molecule has 1 fully saturated rings. The van der Waals surface area contributed by atoms with Crippen molar-refractivity contribution in [3.05, 3.63) is 35.6 Å². The van der Waals surface area contributed by atoms with Crippen LogP contribution in [0.3, 0.4) is 0 Å². The molecule has 98 valence electrons. The average molecular weight is 250 g/mol. The third-order valence-electron chi connectivity index (χ3n) is 3.43. The van der Waals surface area contributed by atoms with E-state index in [0.29, 0.717) is 18.9 Å². The van der Waals surface area contributed by atoms with Crippen molar-refractivity contribution in [1.82, 2.24) is 4.90 Å². The Bertz CT molecular complexity index is 405. The third kappa shape index (κ3) is 3.29. The SMILES string of the molecule is NCCC(=O)N1CCC(Cc2ccc(F)cc2)C1. The van der Waals surface area contributed by atoms with Gasteiger partial charge in [-0.25, -0.2) is 4.39 Å². The molecule has 0 saturated carbocycles. The first kappa shape index (κ1) is 13.0. The summed E-state index contributed by atoms with van der Waals surface area (Å²) in [5.74, 6) is 0.432. The highest BCUT2D eigenvalue weighted by molar-refractivity contribution is 5.76. The Labute approximate surface area is 107 Å². The number of rotatable bonds is 4. The molecule has 0 bridgehead atoms. The summed E-state index contributed by atoms with van der Waals surface area (Å²) >= 11 is 0. The Hall–Kier alpha value is -1.42. The number of hydrogen-bond donors (Lipinski definition) is 1. The van der Waals surface area contributed by atoms with Gasteiger partial charge in [0.05, 0.1) is 0 Å². The number of halogens is 1. The molecule has 4 heteroatoms. The second-order valence-corrected chi connectivity index (χ2v) is 4.86. The summed E-state index contributed by atoms with van der Waals surface area (Å²) in [5.41, 5.74) is 6.52. The van der Waals surface area contributed by atoms with E-state index >= 15 is 0 Å². The topological polar surface area (TPSA) is 46.3 Å². The van der Waals surface area contributed by atoms with Crippen LogP contribution in [-0.4, -0.2) is 30.4 Å². The van der Waals surface area contributed by atoms with Crippen molar-refractivity contribution >= 4 is 5.91 Å². The van der Waals surface area contributed by atoms with Crippen molar-refractivity contribution in [1.29, 1.82) is 0 Å². The van der Waals surface area contributed by atoms with Gasteiger partial charge in [0, 0.05) is 26.1 Å². The van der Waals surface area contributed by atoms with Crippen LogP contribution in [0, 0.1) is 11.7 Å². The van der Waals surface area contributed by atoms with E-state index in [4.69, 9.17) is 5.73 Å². The van der Waals surface area contributed by atoms with Crippen molar-refractivity contribution in [3.63, 3.8) is 0 Å². The first-order valence-corrected chi connectivity index (χ1v) is 6.41. The molecule has 2 rings (SSSR count). The quantitative estimate of drug-likeness (QED) is 0.881. The molecule has 1 saturated heterocycles. The lowest BCUT2D eigenvalue weighted by molar-refractivity contribution is -0.130. The third-order valence-corrected chi connectivity index (χ3v) is 3.43. The van der Waals surface area contributed by atoms with E-state index in [9.17, 15) is 9.18 Å². The molecule has 0 aliphatic carbocycles. The zero-order valence-electron chi connectivity index (χ0n) is 10.4. The zero-order chi connectivity index (χ0) is 13.0. The van der Waals surface area contributed by atoms with E-state index in [2.05, 4.69) is 0 Å². The molecule has 0 radical (unpaired) electrons. The Morgan fingerprint density at radius 3 is 2.78 bits per heavy atom. The van der Waals surface area contributed by atoms with E-state index in [0.717, 1.165) is 31.5 Å². The van der Waals surface area contributed by atoms with Crippen LogP contribution in [-0.2, 0) is 11.2 Å². The number of likely N-dealkylation sites (tertiary alicyclic amines) is 1. The monoisotopic (exact) mass is 250 g/mol. The summed E-state index contributed by atoms with van der Waals surface area (Å²) in [5, 5.41) is 0. The molecule has 1 amide bonds. The van der Waals surface area contributed by atoms with E-state index < -0.39 is 0 Å².